The lowest BCUT2D eigenvalue weighted by Crippen LogP contribution is -2.13. The summed E-state index contributed by atoms with van der Waals surface area (Å²) in [4.78, 5) is 16.0. The van der Waals surface area contributed by atoms with Crippen molar-refractivity contribution in [2.45, 2.75) is 6.92 Å². The van der Waals surface area contributed by atoms with Crippen molar-refractivity contribution in [2.24, 2.45) is 0 Å². The fourth-order valence-corrected chi connectivity index (χ4v) is 2.34. The number of amides is 1. The van der Waals surface area contributed by atoms with Crippen molar-refractivity contribution in [1.29, 1.82) is 5.26 Å². The van der Waals surface area contributed by atoms with Crippen LogP contribution in [-0.4, -0.2) is 24.6 Å². The Kier molecular flexibility index (Phi) is 5.72. The van der Waals surface area contributed by atoms with Gasteiger partial charge in [0.25, 0.3) is 5.91 Å². The van der Waals surface area contributed by atoms with Crippen LogP contribution in [0.15, 0.2) is 35.3 Å². The minimum absolute atomic E-state index is 0.0218. The minimum atomic E-state index is -0.504. The molecule has 0 aliphatic rings. The van der Waals surface area contributed by atoms with Gasteiger partial charge in [-0.3, -0.25) is 10.1 Å². The highest BCUT2D eigenvalue weighted by atomic mass is 32.1. The summed E-state index contributed by atoms with van der Waals surface area (Å²) in [6.07, 6.45) is 3.06. The van der Waals surface area contributed by atoms with Crippen LogP contribution in [0, 0.1) is 11.3 Å². The van der Waals surface area contributed by atoms with E-state index in [0.717, 1.165) is 0 Å². The molecule has 0 fully saturated rings. The molecule has 0 unspecified atom stereocenters. The van der Waals surface area contributed by atoms with Crippen molar-refractivity contribution in [3.8, 4) is 17.6 Å². The Hall–Kier alpha value is -2.85. The predicted octanol–water partition coefficient (Wildman–Crippen LogP) is 3.10. The fourth-order valence-electron chi connectivity index (χ4n) is 1.81. The summed E-state index contributed by atoms with van der Waals surface area (Å²) in [6, 6.07) is 7.09. The minimum Gasteiger partial charge on any atom is -0.493 e. The standard InChI is InChI=1S/C16H15N3O3S/c1-3-22-13-5-4-11(9-14(13)21-2)8-12(10-17)15(20)19-16-18-6-7-23-16/h4-9H,3H2,1-2H3,(H,18,19,20)/b12-8-. The number of nitrogens with zero attached hydrogens (tertiary/aromatic N) is 2. The normalized spacial score (nSPS) is 10.7. The lowest BCUT2D eigenvalue weighted by Gasteiger charge is -2.09. The second kappa shape index (κ2) is 7.96. The summed E-state index contributed by atoms with van der Waals surface area (Å²) in [5.41, 5.74) is 0.641. The molecule has 2 aromatic rings. The number of anilines is 1. The second-order valence-electron chi connectivity index (χ2n) is 4.30. The summed E-state index contributed by atoms with van der Waals surface area (Å²) < 4.78 is 10.7. The molecular weight excluding hydrogens is 314 g/mol. The van der Waals surface area contributed by atoms with Crippen molar-refractivity contribution < 1.29 is 14.3 Å². The first kappa shape index (κ1) is 16.5. The van der Waals surface area contributed by atoms with Gasteiger partial charge in [0.1, 0.15) is 11.6 Å². The van der Waals surface area contributed by atoms with Crippen LogP contribution in [0.1, 0.15) is 12.5 Å². The molecule has 1 aromatic carbocycles. The van der Waals surface area contributed by atoms with Gasteiger partial charge in [-0.2, -0.15) is 5.26 Å². The predicted molar refractivity (Wildman–Crippen MR) is 88.5 cm³/mol. The van der Waals surface area contributed by atoms with Crippen LogP contribution in [0.2, 0.25) is 0 Å². The lowest BCUT2D eigenvalue weighted by atomic mass is 10.1. The van der Waals surface area contributed by atoms with E-state index < -0.39 is 5.91 Å². The van der Waals surface area contributed by atoms with E-state index in [0.29, 0.717) is 28.8 Å². The molecule has 7 heteroatoms. The van der Waals surface area contributed by atoms with Gasteiger partial charge < -0.3 is 9.47 Å². The van der Waals surface area contributed by atoms with Gasteiger partial charge in [-0.25, -0.2) is 4.98 Å². The molecule has 0 aliphatic carbocycles. The van der Waals surface area contributed by atoms with E-state index in [2.05, 4.69) is 10.3 Å². The molecular formula is C16H15N3O3S. The highest BCUT2D eigenvalue weighted by Crippen LogP contribution is 2.29. The molecule has 0 saturated heterocycles. The Labute approximate surface area is 138 Å². The van der Waals surface area contributed by atoms with Crippen molar-refractivity contribution in [3.05, 3.63) is 40.9 Å². The molecule has 0 bridgehead atoms. The zero-order valence-electron chi connectivity index (χ0n) is 12.7. The largest absolute Gasteiger partial charge is 0.493 e. The fraction of sp³-hybridized carbons (Fsp3) is 0.188. The van der Waals surface area contributed by atoms with Gasteiger partial charge in [-0.15, -0.1) is 11.3 Å². The molecule has 0 spiro atoms. The summed E-state index contributed by atoms with van der Waals surface area (Å²) in [5, 5.41) is 14.0. The first-order valence-electron chi connectivity index (χ1n) is 6.81. The number of carbonyl (C=O) groups excluding carboxylic acids is 1. The summed E-state index contributed by atoms with van der Waals surface area (Å²) >= 11 is 1.28. The molecule has 6 nitrogen and oxygen atoms in total. The van der Waals surface area contributed by atoms with Crippen molar-refractivity contribution in [3.63, 3.8) is 0 Å². The van der Waals surface area contributed by atoms with Gasteiger partial charge in [0.05, 0.1) is 13.7 Å². The second-order valence-corrected chi connectivity index (χ2v) is 5.20. The van der Waals surface area contributed by atoms with Crippen LogP contribution >= 0.6 is 11.3 Å². The maximum atomic E-state index is 12.1. The van der Waals surface area contributed by atoms with Crippen molar-refractivity contribution in [2.75, 3.05) is 19.0 Å². The molecule has 1 amide bonds. The Morgan fingerprint density at radius 3 is 2.91 bits per heavy atom. The highest BCUT2D eigenvalue weighted by molar-refractivity contribution is 7.13. The SMILES string of the molecule is CCOc1ccc(/C=C(/C#N)C(=O)Nc2nccs2)cc1OC. The third-order valence-corrected chi connectivity index (χ3v) is 3.50. The Morgan fingerprint density at radius 2 is 2.30 bits per heavy atom. The topological polar surface area (TPSA) is 84.2 Å². The number of rotatable bonds is 6. The van der Waals surface area contributed by atoms with Crippen LogP contribution in [0.25, 0.3) is 6.08 Å². The quantitative estimate of drug-likeness (QED) is 0.650. The third kappa shape index (κ3) is 4.31. The average Bonchev–Trinajstić information content (AvgIpc) is 3.06. The number of nitriles is 1. The molecule has 1 heterocycles. The molecule has 0 saturated carbocycles. The van der Waals surface area contributed by atoms with Gasteiger partial charge in [-0.05, 0) is 30.7 Å². The van der Waals surface area contributed by atoms with E-state index in [1.807, 2.05) is 13.0 Å². The molecule has 0 atom stereocenters. The van der Waals surface area contributed by atoms with E-state index in [1.165, 1.54) is 24.5 Å². The Bertz CT molecular complexity index is 748. The number of benzene rings is 1. The van der Waals surface area contributed by atoms with E-state index in [1.54, 1.807) is 29.8 Å². The first-order valence-corrected chi connectivity index (χ1v) is 7.69. The van der Waals surface area contributed by atoms with Crippen molar-refractivity contribution in [1.82, 2.24) is 4.98 Å². The Balaban J connectivity index is 2.23. The van der Waals surface area contributed by atoms with E-state index in [4.69, 9.17) is 9.47 Å². The van der Waals surface area contributed by atoms with Gasteiger partial charge in [-0.1, -0.05) is 6.07 Å². The molecule has 2 rings (SSSR count). The van der Waals surface area contributed by atoms with E-state index >= 15 is 0 Å². The van der Waals surface area contributed by atoms with E-state index in [-0.39, 0.29) is 5.57 Å². The monoisotopic (exact) mass is 329 g/mol. The summed E-state index contributed by atoms with van der Waals surface area (Å²) in [5.74, 6) is 0.645. The number of nitrogens with one attached hydrogen (secondary N) is 1. The summed E-state index contributed by atoms with van der Waals surface area (Å²) in [7, 11) is 1.53. The zero-order chi connectivity index (χ0) is 16.7. The van der Waals surface area contributed by atoms with E-state index in [9.17, 15) is 10.1 Å². The maximum absolute atomic E-state index is 12.1. The maximum Gasteiger partial charge on any atom is 0.268 e. The molecule has 23 heavy (non-hydrogen) atoms. The van der Waals surface area contributed by atoms with Crippen molar-refractivity contribution >= 4 is 28.5 Å². The van der Waals surface area contributed by atoms with Crippen LogP contribution < -0.4 is 14.8 Å². The first-order chi connectivity index (χ1) is 11.2. The number of thiazole rings is 1. The molecule has 0 aliphatic heterocycles. The smallest absolute Gasteiger partial charge is 0.268 e. The molecule has 1 N–H and O–H groups in total. The van der Waals surface area contributed by atoms with Gasteiger partial charge in [0.2, 0.25) is 0 Å². The van der Waals surface area contributed by atoms with Gasteiger partial charge in [0.15, 0.2) is 16.6 Å². The zero-order valence-corrected chi connectivity index (χ0v) is 13.5. The Morgan fingerprint density at radius 1 is 1.48 bits per heavy atom. The number of hydrogen-bond donors (Lipinski definition) is 1. The van der Waals surface area contributed by atoms with Gasteiger partial charge in [0, 0.05) is 11.6 Å². The number of ether oxygens (including phenoxy) is 2. The highest BCUT2D eigenvalue weighted by Gasteiger charge is 2.12. The lowest BCUT2D eigenvalue weighted by molar-refractivity contribution is -0.112. The van der Waals surface area contributed by atoms with Crippen LogP contribution in [0.5, 0.6) is 11.5 Å². The average molecular weight is 329 g/mol. The molecule has 118 valence electrons. The number of methoxy groups -OCH3 is 1. The summed E-state index contributed by atoms with van der Waals surface area (Å²) in [6.45, 7) is 2.40. The molecule has 0 radical (unpaired) electrons. The van der Waals surface area contributed by atoms with Crippen LogP contribution in [-0.2, 0) is 4.79 Å². The third-order valence-electron chi connectivity index (χ3n) is 2.82. The van der Waals surface area contributed by atoms with Gasteiger partial charge >= 0.3 is 0 Å². The van der Waals surface area contributed by atoms with Crippen LogP contribution in [0.4, 0.5) is 5.13 Å². The number of aromatic nitrogens is 1. The van der Waals surface area contributed by atoms with Crippen LogP contribution in [0.3, 0.4) is 0 Å². The number of hydrogen-bond acceptors (Lipinski definition) is 6. The molecule has 1 aromatic heterocycles. The number of carbonyl (C=O) groups is 1.